The van der Waals surface area contributed by atoms with Gasteiger partial charge < -0.3 is 21.6 Å². The Morgan fingerprint density at radius 3 is 2.94 bits per heavy atom. The van der Waals surface area contributed by atoms with E-state index in [2.05, 4.69) is 4.98 Å². The first-order valence-corrected chi connectivity index (χ1v) is 5.97. The zero-order valence-electron chi connectivity index (χ0n) is 10.6. The van der Waals surface area contributed by atoms with Crippen molar-refractivity contribution in [2.24, 2.45) is 11.5 Å². The number of carboxylic acid groups (broad SMARTS) is 1. The van der Waals surface area contributed by atoms with Crippen LogP contribution in [0.3, 0.4) is 0 Å². The number of hydrogen-bond acceptors (Lipinski definition) is 5. The lowest BCUT2D eigenvalue weighted by Crippen LogP contribution is -2.32. The molecule has 0 fully saturated rings. The van der Waals surface area contributed by atoms with Crippen LogP contribution in [0.2, 0.25) is 0 Å². The van der Waals surface area contributed by atoms with Gasteiger partial charge in [-0.15, -0.1) is 0 Å². The predicted octanol–water partition coefficient (Wildman–Crippen LogP) is -0.856. The number of imidazole rings is 1. The maximum atomic E-state index is 10.6. The second kappa shape index (κ2) is 6.97. The minimum absolute atomic E-state index is 0.235. The first-order valence-electron chi connectivity index (χ1n) is 5.97. The standard InChI is InChI=1S/C11H21N5O2/c1-15(5-3-2-4-12)16-7-9(14-8-16)6-10(13)11(17)18/h7-8,10H,2-6,12-13H2,1H3,(H,17,18)/t10-/m0/s1. The Labute approximate surface area is 106 Å². The number of carbonyl (C=O) groups is 1. The number of hydrogen-bond donors (Lipinski definition) is 3. The van der Waals surface area contributed by atoms with E-state index in [1.165, 1.54) is 0 Å². The zero-order chi connectivity index (χ0) is 13.5. The molecule has 0 amide bonds. The van der Waals surface area contributed by atoms with Gasteiger partial charge >= 0.3 is 5.97 Å². The number of nitrogens with two attached hydrogens (primary N) is 2. The average Bonchev–Trinajstić information content (AvgIpc) is 2.77. The largest absolute Gasteiger partial charge is 0.480 e. The van der Waals surface area contributed by atoms with Gasteiger partial charge in [0.25, 0.3) is 0 Å². The van der Waals surface area contributed by atoms with Crippen LogP contribution in [-0.4, -0.2) is 46.9 Å². The highest BCUT2D eigenvalue weighted by molar-refractivity contribution is 5.73. The van der Waals surface area contributed by atoms with Crippen LogP contribution in [-0.2, 0) is 11.2 Å². The van der Waals surface area contributed by atoms with Crippen molar-refractivity contribution in [3.8, 4) is 0 Å². The molecule has 7 heteroatoms. The van der Waals surface area contributed by atoms with Gasteiger partial charge in [0.2, 0.25) is 0 Å². The first-order chi connectivity index (χ1) is 8.54. The van der Waals surface area contributed by atoms with Crippen LogP contribution in [0.15, 0.2) is 12.5 Å². The molecule has 18 heavy (non-hydrogen) atoms. The molecule has 5 N–H and O–H groups in total. The topological polar surface area (TPSA) is 110 Å². The Morgan fingerprint density at radius 1 is 1.61 bits per heavy atom. The molecule has 1 atom stereocenters. The van der Waals surface area contributed by atoms with Crippen molar-refractivity contribution < 1.29 is 9.90 Å². The average molecular weight is 255 g/mol. The van der Waals surface area contributed by atoms with Crippen molar-refractivity contribution in [1.29, 1.82) is 0 Å². The van der Waals surface area contributed by atoms with Gasteiger partial charge in [-0.25, -0.2) is 4.98 Å². The molecule has 0 aliphatic carbocycles. The monoisotopic (exact) mass is 255 g/mol. The summed E-state index contributed by atoms with van der Waals surface area (Å²) in [6, 6.07) is -0.907. The lowest BCUT2D eigenvalue weighted by molar-refractivity contribution is -0.138. The third-order valence-corrected chi connectivity index (χ3v) is 2.70. The highest BCUT2D eigenvalue weighted by Crippen LogP contribution is 2.01. The van der Waals surface area contributed by atoms with Gasteiger partial charge in [0.1, 0.15) is 12.4 Å². The van der Waals surface area contributed by atoms with Crippen molar-refractivity contribution in [2.45, 2.75) is 25.3 Å². The molecule has 0 aliphatic heterocycles. The molecule has 0 aromatic carbocycles. The van der Waals surface area contributed by atoms with Gasteiger partial charge in [0.05, 0.1) is 5.69 Å². The fraction of sp³-hybridized carbons (Fsp3) is 0.636. The van der Waals surface area contributed by atoms with Gasteiger partial charge in [-0.1, -0.05) is 0 Å². The van der Waals surface area contributed by atoms with Crippen LogP contribution in [0, 0.1) is 0 Å². The molecule has 0 aliphatic rings. The summed E-state index contributed by atoms with van der Waals surface area (Å²) < 4.78 is 1.83. The zero-order valence-corrected chi connectivity index (χ0v) is 10.6. The van der Waals surface area contributed by atoms with Crippen molar-refractivity contribution >= 4 is 5.97 Å². The number of aromatic nitrogens is 2. The van der Waals surface area contributed by atoms with Crippen LogP contribution >= 0.6 is 0 Å². The quantitative estimate of drug-likeness (QED) is 0.522. The van der Waals surface area contributed by atoms with E-state index in [1.807, 2.05) is 16.7 Å². The Kier molecular flexibility index (Phi) is 5.60. The summed E-state index contributed by atoms with van der Waals surface area (Å²) in [7, 11) is 1.94. The Balaban J connectivity index is 2.49. The van der Waals surface area contributed by atoms with E-state index in [-0.39, 0.29) is 6.42 Å². The van der Waals surface area contributed by atoms with E-state index in [0.29, 0.717) is 12.2 Å². The Morgan fingerprint density at radius 2 is 2.33 bits per heavy atom. The van der Waals surface area contributed by atoms with Gasteiger partial charge in [0.15, 0.2) is 0 Å². The number of unbranched alkanes of at least 4 members (excludes halogenated alkanes) is 1. The van der Waals surface area contributed by atoms with Crippen LogP contribution in [0.1, 0.15) is 18.5 Å². The third-order valence-electron chi connectivity index (χ3n) is 2.70. The summed E-state index contributed by atoms with van der Waals surface area (Å²) in [5, 5.41) is 10.7. The number of carboxylic acids is 1. The SMILES string of the molecule is CN(CCCCN)n1cnc(C[C@H](N)C(=O)O)c1. The second-order valence-electron chi connectivity index (χ2n) is 4.27. The van der Waals surface area contributed by atoms with Crippen molar-refractivity contribution in [1.82, 2.24) is 9.66 Å². The van der Waals surface area contributed by atoms with Crippen LogP contribution in [0.5, 0.6) is 0 Å². The van der Waals surface area contributed by atoms with E-state index in [0.717, 1.165) is 19.4 Å². The molecule has 7 nitrogen and oxygen atoms in total. The van der Waals surface area contributed by atoms with Gasteiger partial charge in [0, 0.05) is 26.2 Å². The third kappa shape index (κ3) is 4.34. The van der Waals surface area contributed by atoms with Crippen molar-refractivity contribution in [2.75, 3.05) is 25.1 Å². The molecule has 1 heterocycles. The molecule has 1 rings (SSSR count). The molecule has 0 saturated carbocycles. The molecule has 0 unspecified atom stereocenters. The van der Waals surface area contributed by atoms with Crippen molar-refractivity contribution in [3.05, 3.63) is 18.2 Å². The van der Waals surface area contributed by atoms with Gasteiger partial charge in [-0.3, -0.25) is 9.47 Å². The second-order valence-corrected chi connectivity index (χ2v) is 4.27. The minimum atomic E-state index is -1.01. The fourth-order valence-electron chi connectivity index (χ4n) is 1.56. The van der Waals surface area contributed by atoms with Crippen LogP contribution < -0.4 is 16.5 Å². The van der Waals surface area contributed by atoms with E-state index >= 15 is 0 Å². The van der Waals surface area contributed by atoms with E-state index < -0.39 is 12.0 Å². The summed E-state index contributed by atoms with van der Waals surface area (Å²) >= 11 is 0. The molecule has 0 bridgehead atoms. The van der Waals surface area contributed by atoms with Crippen LogP contribution in [0.4, 0.5) is 0 Å². The highest BCUT2D eigenvalue weighted by atomic mass is 16.4. The Hall–Kier alpha value is -1.60. The summed E-state index contributed by atoms with van der Waals surface area (Å²) in [5.74, 6) is -1.01. The molecule has 1 aromatic heterocycles. The number of rotatable bonds is 8. The molecule has 0 spiro atoms. The summed E-state index contributed by atoms with van der Waals surface area (Å²) in [5.41, 5.74) is 11.6. The Bertz CT molecular complexity index is 379. The minimum Gasteiger partial charge on any atom is -0.480 e. The maximum absolute atomic E-state index is 10.6. The molecular weight excluding hydrogens is 234 g/mol. The van der Waals surface area contributed by atoms with E-state index in [1.54, 1.807) is 12.5 Å². The smallest absolute Gasteiger partial charge is 0.320 e. The molecule has 0 radical (unpaired) electrons. The highest BCUT2D eigenvalue weighted by Gasteiger charge is 2.14. The van der Waals surface area contributed by atoms with Crippen molar-refractivity contribution in [3.63, 3.8) is 0 Å². The van der Waals surface area contributed by atoms with Gasteiger partial charge in [-0.2, -0.15) is 0 Å². The molecular formula is C11H21N5O2. The summed E-state index contributed by atoms with van der Waals surface area (Å²) in [4.78, 5) is 14.8. The van der Waals surface area contributed by atoms with E-state index in [4.69, 9.17) is 16.6 Å². The fourth-order valence-corrected chi connectivity index (χ4v) is 1.56. The van der Waals surface area contributed by atoms with Gasteiger partial charge in [-0.05, 0) is 19.4 Å². The summed E-state index contributed by atoms with van der Waals surface area (Å²) in [6.07, 6.45) is 5.68. The lowest BCUT2D eigenvalue weighted by Gasteiger charge is -2.19. The molecule has 102 valence electrons. The number of aliphatic carboxylic acids is 1. The first kappa shape index (κ1) is 14.5. The maximum Gasteiger partial charge on any atom is 0.320 e. The lowest BCUT2D eigenvalue weighted by atomic mass is 10.2. The normalized spacial score (nSPS) is 12.4. The number of nitrogens with zero attached hydrogens (tertiary/aromatic N) is 3. The van der Waals surface area contributed by atoms with E-state index in [9.17, 15) is 4.79 Å². The predicted molar refractivity (Wildman–Crippen MR) is 68.8 cm³/mol. The molecule has 0 saturated heterocycles. The summed E-state index contributed by atoms with van der Waals surface area (Å²) in [6.45, 7) is 1.56. The van der Waals surface area contributed by atoms with Crippen LogP contribution in [0.25, 0.3) is 0 Å². The molecule has 1 aromatic rings.